The van der Waals surface area contributed by atoms with Crippen molar-refractivity contribution in [3.8, 4) is 0 Å². The minimum Gasteiger partial charge on any atom is -0.454 e. The lowest BCUT2D eigenvalue weighted by Gasteiger charge is -2.31. The van der Waals surface area contributed by atoms with E-state index in [9.17, 15) is 4.79 Å². The fraction of sp³-hybridized carbons (Fsp3) is 0.583. The van der Waals surface area contributed by atoms with E-state index in [1.165, 1.54) is 11.3 Å². The molecule has 0 saturated carbocycles. The molecule has 0 saturated heterocycles. The molecule has 1 heterocycles. The molecular formula is C12H19NO2S. The van der Waals surface area contributed by atoms with Crippen molar-refractivity contribution in [3.05, 3.63) is 22.4 Å². The Kier molecular flexibility index (Phi) is 4.50. The Morgan fingerprint density at radius 1 is 1.56 bits per heavy atom. The first-order chi connectivity index (χ1) is 7.47. The fourth-order valence-corrected chi connectivity index (χ4v) is 2.15. The van der Waals surface area contributed by atoms with Gasteiger partial charge in [-0.2, -0.15) is 0 Å². The SMILES string of the molecule is CCC(C)(CN(C)C)OC(=O)c1cccs1. The maximum absolute atomic E-state index is 11.8. The van der Waals surface area contributed by atoms with Crippen LogP contribution in [0.25, 0.3) is 0 Å². The summed E-state index contributed by atoms with van der Waals surface area (Å²) in [5.41, 5.74) is -0.412. The van der Waals surface area contributed by atoms with Crippen LogP contribution in [-0.2, 0) is 4.74 Å². The molecule has 4 heteroatoms. The van der Waals surface area contributed by atoms with Crippen LogP contribution in [0, 0.1) is 0 Å². The van der Waals surface area contributed by atoms with Gasteiger partial charge in [-0.25, -0.2) is 4.79 Å². The molecule has 1 unspecified atom stereocenters. The molecule has 0 radical (unpaired) electrons. The third-order valence-corrected chi connectivity index (χ3v) is 3.31. The van der Waals surface area contributed by atoms with Crippen molar-refractivity contribution < 1.29 is 9.53 Å². The lowest BCUT2D eigenvalue weighted by molar-refractivity contribution is -0.0214. The van der Waals surface area contributed by atoms with Gasteiger partial charge in [-0.3, -0.25) is 0 Å². The van der Waals surface area contributed by atoms with Crippen molar-refractivity contribution in [1.82, 2.24) is 4.90 Å². The van der Waals surface area contributed by atoms with E-state index in [0.717, 1.165) is 13.0 Å². The van der Waals surface area contributed by atoms with Crippen LogP contribution < -0.4 is 0 Å². The highest BCUT2D eigenvalue weighted by Crippen LogP contribution is 2.20. The van der Waals surface area contributed by atoms with E-state index < -0.39 is 5.60 Å². The van der Waals surface area contributed by atoms with Gasteiger partial charge in [-0.05, 0) is 38.9 Å². The number of carbonyl (C=O) groups is 1. The summed E-state index contributed by atoms with van der Waals surface area (Å²) in [6, 6.07) is 3.65. The summed E-state index contributed by atoms with van der Waals surface area (Å²) in [7, 11) is 3.96. The molecule has 0 aliphatic heterocycles. The van der Waals surface area contributed by atoms with Crippen LogP contribution in [0.15, 0.2) is 17.5 Å². The minimum absolute atomic E-state index is 0.221. The zero-order valence-corrected chi connectivity index (χ0v) is 11.1. The second-order valence-corrected chi connectivity index (χ2v) is 5.36. The summed E-state index contributed by atoms with van der Waals surface area (Å²) in [5, 5.41) is 1.88. The van der Waals surface area contributed by atoms with Crippen LogP contribution >= 0.6 is 11.3 Å². The highest BCUT2D eigenvalue weighted by Gasteiger charge is 2.28. The summed E-state index contributed by atoms with van der Waals surface area (Å²) in [6.45, 7) is 4.74. The molecule has 0 aromatic carbocycles. The molecular weight excluding hydrogens is 222 g/mol. The number of carbonyl (C=O) groups excluding carboxylic acids is 1. The highest BCUT2D eigenvalue weighted by atomic mass is 32.1. The van der Waals surface area contributed by atoms with E-state index in [1.807, 2.05) is 44.3 Å². The van der Waals surface area contributed by atoms with E-state index in [4.69, 9.17) is 4.74 Å². The Balaban J connectivity index is 2.66. The summed E-state index contributed by atoms with van der Waals surface area (Å²) in [5.74, 6) is -0.221. The van der Waals surface area contributed by atoms with E-state index in [-0.39, 0.29) is 5.97 Å². The van der Waals surface area contributed by atoms with Crippen molar-refractivity contribution in [3.63, 3.8) is 0 Å². The molecule has 90 valence electrons. The van der Waals surface area contributed by atoms with Gasteiger partial charge in [0.2, 0.25) is 0 Å². The van der Waals surface area contributed by atoms with Crippen molar-refractivity contribution >= 4 is 17.3 Å². The van der Waals surface area contributed by atoms with Crippen molar-refractivity contribution in [2.45, 2.75) is 25.9 Å². The number of likely N-dealkylation sites (N-methyl/N-ethyl adjacent to an activating group) is 1. The Hall–Kier alpha value is -0.870. The Morgan fingerprint density at radius 3 is 2.69 bits per heavy atom. The molecule has 1 rings (SSSR count). The molecule has 0 spiro atoms. The number of hydrogen-bond donors (Lipinski definition) is 0. The van der Waals surface area contributed by atoms with Crippen LogP contribution in [0.2, 0.25) is 0 Å². The molecule has 16 heavy (non-hydrogen) atoms. The van der Waals surface area contributed by atoms with Crippen LogP contribution in [0.3, 0.4) is 0 Å². The highest BCUT2D eigenvalue weighted by molar-refractivity contribution is 7.11. The van der Waals surface area contributed by atoms with Crippen LogP contribution in [0.5, 0.6) is 0 Å². The number of hydrogen-bond acceptors (Lipinski definition) is 4. The standard InChI is InChI=1S/C12H19NO2S/c1-5-12(2,9-13(3)4)15-11(14)10-7-6-8-16-10/h6-8H,5,9H2,1-4H3. The molecule has 0 aliphatic rings. The second kappa shape index (κ2) is 5.46. The molecule has 1 aromatic heterocycles. The number of ether oxygens (including phenoxy) is 1. The number of esters is 1. The smallest absolute Gasteiger partial charge is 0.348 e. The predicted octanol–water partition coefficient (Wildman–Crippen LogP) is 2.64. The first kappa shape index (κ1) is 13.2. The zero-order valence-electron chi connectivity index (χ0n) is 10.3. The summed E-state index contributed by atoms with van der Waals surface area (Å²) >= 11 is 1.41. The average molecular weight is 241 g/mol. The van der Waals surface area contributed by atoms with Crippen LogP contribution in [-0.4, -0.2) is 37.1 Å². The Bertz CT molecular complexity index is 335. The van der Waals surface area contributed by atoms with Crippen LogP contribution in [0.1, 0.15) is 29.9 Å². The zero-order chi connectivity index (χ0) is 12.2. The lowest BCUT2D eigenvalue weighted by Crippen LogP contribution is -2.41. The molecule has 0 fully saturated rings. The number of rotatable bonds is 5. The first-order valence-electron chi connectivity index (χ1n) is 5.38. The van der Waals surface area contributed by atoms with Crippen molar-refractivity contribution in [2.75, 3.05) is 20.6 Å². The van der Waals surface area contributed by atoms with E-state index >= 15 is 0 Å². The normalized spacial score (nSPS) is 14.8. The van der Waals surface area contributed by atoms with Crippen molar-refractivity contribution in [1.29, 1.82) is 0 Å². The molecule has 0 aliphatic carbocycles. The van der Waals surface area contributed by atoms with Crippen LogP contribution in [0.4, 0.5) is 0 Å². The molecule has 3 nitrogen and oxygen atoms in total. The van der Waals surface area contributed by atoms with Gasteiger partial charge in [0.05, 0.1) is 0 Å². The summed E-state index contributed by atoms with van der Waals surface area (Å²) in [6.07, 6.45) is 0.808. The molecule has 1 aromatic rings. The predicted molar refractivity (Wildman–Crippen MR) is 67.0 cm³/mol. The summed E-state index contributed by atoms with van der Waals surface area (Å²) < 4.78 is 5.57. The van der Waals surface area contributed by atoms with Gasteiger partial charge in [0, 0.05) is 6.54 Å². The third kappa shape index (κ3) is 3.61. The minimum atomic E-state index is -0.412. The molecule has 0 bridgehead atoms. The van der Waals surface area contributed by atoms with E-state index in [2.05, 4.69) is 0 Å². The van der Waals surface area contributed by atoms with Crippen molar-refractivity contribution in [2.24, 2.45) is 0 Å². The third-order valence-electron chi connectivity index (χ3n) is 2.46. The monoisotopic (exact) mass is 241 g/mol. The fourth-order valence-electron chi connectivity index (χ4n) is 1.55. The van der Waals surface area contributed by atoms with E-state index in [0.29, 0.717) is 4.88 Å². The summed E-state index contributed by atoms with van der Waals surface area (Å²) in [4.78, 5) is 14.5. The first-order valence-corrected chi connectivity index (χ1v) is 6.26. The number of nitrogens with zero attached hydrogens (tertiary/aromatic N) is 1. The lowest BCUT2D eigenvalue weighted by atomic mass is 10.0. The maximum Gasteiger partial charge on any atom is 0.348 e. The second-order valence-electron chi connectivity index (χ2n) is 4.41. The van der Waals surface area contributed by atoms with Gasteiger partial charge in [0.15, 0.2) is 0 Å². The van der Waals surface area contributed by atoms with Gasteiger partial charge in [-0.1, -0.05) is 13.0 Å². The van der Waals surface area contributed by atoms with Gasteiger partial charge in [-0.15, -0.1) is 11.3 Å². The Morgan fingerprint density at radius 2 is 2.25 bits per heavy atom. The van der Waals surface area contributed by atoms with E-state index in [1.54, 1.807) is 6.07 Å². The quantitative estimate of drug-likeness (QED) is 0.742. The number of thiophene rings is 1. The van der Waals surface area contributed by atoms with Gasteiger partial charge in [0.1, 0.15) is 10.5 Å². The average Bonchev–Trinajstić information content (AvgIpc) is 2.69. The Labute approximate surface area is 101 Å². The largest absolute Gasteiger partial charge is 0.454 e. The molecule has 0 N–H and O–H groups in total. The van der Waals surface area contributed by atoms with Gasteiger partial charge < -0.3 is 9.64 Å². The van der Waals surface area contributed by atoms with Gasteiger partial charge >= 0.3 is 5.97 Å². The van der Waals surface area contributed by atoms with Gasteiger partial charge in [0.25, 0.3) is 0 Å². The molecule has 0 amide bonds. The molecule has 1 atom stereocenters. The maximum atomic E-state index is 11.8. The topological polar surface area (TPSA) is 29.5 Å².